The fraction of sp³-hybridized carbons (Fsp3) is 0.600. The average molecular weight is 361 g/mol. The number of hydrogen-bond acceptors (Lipinski definition) is 3. The first-order valence-corrected chi connectivity index (χ1v) is 10.3. The minimum absolute atomic E-state index is 0.147. The summed E-state index contributed by atoms with van der Waals surface area (Å²) in [7, 11) is 0. The summed E-state index contributed by atoms with van der Waals surface area (Å²) in [5, 5.41) is 0. The summed E-state index contributed by atoms with van der Waals surface area (Å²) in [6.07, 6.45) is 11.0. The Balaban J connectivity index is 1.69. The van der Waals surface area contributed by atoms with Gasteiger partial charge in [0.05, 0.1) is 10.9 Å². The smallest absolute Gasteiger partial charge is 0.263 e. The number of hydrogen-bond donors (Lipinski definition) is 0. The Labute approximate surface area is 154 Å². The van der Waals surface area contributed by atoms with Crippen molar-refractivity contribution in [1.29, 1.82) is 0 Å². The third-order valence-corrected chi connectivity index (χ3v) is 6.34. The highest BCUT2D eigenvalue weighted by molar-refractivity contribution is 7.14. The molecule has 0 spiro atoms. The van der Waals surface area contributed by atoms with Crippen LogP contribution in [-0.4, -0.2) is 41.2 Å². The highest BCUT2D eigenvalue weighted by atomic mass is 32.1. The topological polar surface area (TPSA) is 40.6 Å². The minimum atomic E-state index is 0.147. The lowest BCUT2D eigenvalue weighted by Crippen LogP contribution is -2.31. The second-order valence-electron chi connectivity index (χ2n) is 6.93. The van der Waals surface area contributed by atoms with Crippen molar-refractivity contribution in [1.82, 2.24) is 9.80 Å². The Bertz CT molecular complexity index is 629. The molecule has 25 heavy (non-hydrogen) atoms. The van der Waals surface area contributed by atoms with E-state index in [1.54, 1.807) is 11.3 Å². The van der Waals surface area contributed by atoms with Gasteiger partial charge in [-0.15, -0.1) is 11.3 Å². The molecular formula is C20H28N2O2S. The quantitative estimate of drug-likeness (QED) is 0.747. The first kappa shape index (κ1) is 18.2. The van der Waals surface area contributed by atoms with Crippen LogP contribution in [0.4, 0.5) is 0 Å². The van der Waals surface area contributed by atoms with Gasteiger partial charge in [-0.3, -0.25) is 9.59 Å². The van der Waals surface area contributed by atoms with Crippen LogP contribution in [0.5, 0.6) is 0 Å². The predicted octanol–water partition coefficient (Wildman–Crippen LogP) is 4.39. The van der Waals surface area contributed by atoms with Gasteiger partial charge < -0.3 is 9.80 Å². The Morgan fingerprint density at radius 3 is 2.60 bits per heavy atom. The van der Waals surface area contributed by atoms with Crippen molar-refractivity contribution in [2.24, 2.45) is 0 Å². The molecule has 2 aliphatic rings. The Kier molecular flexibility index (Phi) is 6.29. The maximum atomic E-state index is 12.8. The Morgan fingerprint density at radius 2 is 1.88 bits per heavy atom. The molecular weight excluding hydrogens is 332 g/mol. The van der Waals surface area contributed by atoms with E-state index in [2.05, 4.69) is 6.07 Å². The second kappa shape index (κ2) is 8.65. The molecule has 1 aromatic rings. The van der Waals surface area contributed by atoms with E-state index in [0.717, 1.165) is 55.1 Å². The molecule has 5 heteroatoms. The van der Waals surface area contributed by atoms with Crippen molar-refractivity contribution in [2.45, 2.75) is 57.9 Å². The molecule has 2 fully saturated rings. The number of allylic oxidation sites excluding steroid dienone is 1. The lowest BCUT2D eigenvalue weighted by Gasteiger charge is -2.23. The van der Waals surface area contributed by atoms with Gasteiger partial charge in [0, 0.05) is 30.9 Å². The fourth-order valence-corrected chi connectivity index (χ4v) is 4.90. The van der Waals surface area contributed by atoms with Crippen LogP contribution in [-0.2, 0) is 4.79 Å². The van der Waals surface area contributed by atoms with E-state index in [9.17, 15) is 9.59 Å². The Hall–Kier alpha value is -1.62. The summed E-state index contributed by atoms with van der Waals surface area (Å²) in [6.45, 7) is 4.52. The van der Waals surface area contributed by atoms with Gasteiger partial charge in [0.15, 0.2) is 0 Å². The number of carbonyl (C=O) groups excluding carboxylic acids is 2. The lowest BCUT2D eigenvalue weighted by atomic mass is 10.2. The SMILES string of the molecule is C/C=C/CC(=O)N1CCCC1c1ccc(C(=O)N2CCCCCC2)s1. The van der Waals surface area contributed by atoms with Crippen molar-refractivity contribution in [2.75, 3.05) is 19.6 Å². The molecule has 0 aromatic carbocycles. The maximum absolute atomic E-state index is 12.8. The number of amides is 2. The molecule has 2 saturated heterocycles. The van der Waals surface area contributed by atoms with Gasteiger partial charge in [-0.2, -0.15) is 0 Å². The summed E-state index contributed by atoms with van der Waals surface area (Å²) in [5.74, 6) is 0.359. The zero-order valence-corrected chi connectivity index (χ0v) is 15.9. The molecule has 3 rings (SSSR count). The highest BCUT2D eigenvalue weighted by Crippen LogP contribution is 2.36. The molecule has 0 aliphatic carbocycles. The van der Waals surface area contributed by atoms with Crippen LogP contribution in [0.2, 0.25) is 0 Å². The van der Waals surface area contributed by atoms with Gasteiger partial charge in [0.25, 0.3) is 5.91 Å². The van der Waals surface area contributed by atoms with Crippen LogP contribution in [0.3, 0.4) is 0 Å². The van der Waals surface area contributed by atoms with E-state index in [4.69, 9.17) is 0 Å². The van der Waals surface area contributed by atoms with Crippen LogP contribution < -0.4 is 0 Å². The molecule has 4 nitrogen and oxygen atoms in total. The maximum Gasteiger partial charge on any atom is 0.263 e. The van der Waals surface area contributed by atoms with Gasteiger partial charge in [0.2, 0.25) is 5.91 Å². The fourth-order valence-electron chi connectivity index (χ4n) is 3.77. The molecule has 3 heterocycles. The third-order valence-electron chi connectivity index (χ3n) is 5.16. The molecule has 1 aromatic heterocycles. The van der Waals surface area contributed by atoms with E-state index in [-0.39, 0.29) is 17.9 Å². The van der Waals surface area contributed by atoms with Crippen molar-refractivity contribution < 1.29 is 9.59 Å². The van der Waals surface area contributed by atoms with Gasteiger partial charge in [-0.05, 0) is 44.7 Å². The van der Waals surface area contributed by atoms with Gasteiger partial charge >= 0.3 is 0 Å². The lowest BCUT2D eigenvalue weighted by molar-refractivity contribution is -0.131. The largest absolute Gasteiger partial charge is 0.338 e. The zero-order chi connectivity index (χ0) is 17.6. The van der Waals surface area contributed by atoms with E-state index in [0.29, 0.717) is 6.42 Å². The Morgan fingerprint density at radius 1 is 1.12 bits per heavy atom. The molecule has 0 saturated carbocycles. The summed E-state index contributed by atoms with van der Waals surface area (Å²) in [4.78, 5) is 31.2. The molecule has 0 radical (unpaired) electrons. The normalized spacial score (nSPS) is 21.7. The molecule has 1 unspecified atom stereocenters. The van der Waals surface area contributed by atoms with Crippen LogP contribution in [0.1, 0.15) is 72.5 Å². The van der Waals surface area contributed by atoms with Gasteiger partial charge in [-0.1, -0.05) is 25.0 Å². The van der Waals surface area contributed by atoms with Crippen LogP contribution in [0.15, 0.2) is 24.3 Å². The summed E-state index contributed by atoms with van der Waals surface area (Å²) < 4.78 is 0. The van der Waals surface area contributed by atoms with Gasteiger partial charge in [0.1, 0.15) is 0 Å². The molecule has 0 bridgehead atoms. The summed E-state index contributed by atoms with van der Waals surface area (Å²) in [5.41, 5.74) is 0. The number of rotatable bonds is 4. The average Bonchev–Trinajstić information content (AvgIpc) is 3.22. The standard InChI is InChI=1S/C20H28N2O2S/c1-2-3-10-19(23)22-15-8-9-16(22)17-11-12-18(25-17)20(24)21-13-6-4-5-7-14-21/h2-3,11-12,16H,4-10,13-15H2,1H3/b3-2+. The highest BCUT2D eigenvalue weighted by Gasteiger charge is 2.31. The van der Waals surface area contributed by atoms with Crippen molar-refractivity contribution in [3.63, 3.8) is 0 Å². The molecule has 136 valence electrons. The summed E-state index contributed by atoms with van der Waals surface area (Å²) >= 11 is 1.58. The number of nitrogens with zero attached hydrogens (tertiary/aromatic N) is 2. The number of thiophene rings is 1. The number of likely N-dealkylation sites (tertiary alicyclic amines) is 2. The zero-order valence-electron chi connectivity index (χ0n) is 15.1. The minimum Gasteiger partial charge on any atom is -0.338 e. The van der Waals surface area contributed by atoms with Crippen LogP contribution in [0, 0.1) is 0 Å². The van der Waals surface area contributed by atoms with E-state index >= 15 is 0 Å². The first-order chi connectivity index (χ1) is 12.2. The first-order valence-electron chi connectivity index (χ1n) is 9.50. The number of carbonyl (C=O) groups is 2. The second-order valence-corrected chi connectivity index (χ2v) is 8.04. The molecule has 2 aliphatic heterocycles. The summed E-state index contributed by atoms with van der Waals surface area (Å²) in [6, 6.07) is 4.16. The van der Waals surface area contributed by atoms with Crippen LogP contribution in [0.25, 0.3) is 0 Å². The third kappa shape index (κ3) is 4.32. The van der Waals surface area contributed by atoms with Crippen LogP contribution >= 0.6 is 11.3 Å². The van der Waals surface area contributed by atoms with E-state index in [1.807, 2.05) is 34.9 Å². The molecule has 2 amide bonds. The molecule has 0 N–H and O–H groups in total. The van der Waals surface area contributed by atoms with Crippen molar-refractivity contribution in [3.8, 4) is 0 Å². The molecule has 1 atom stereocenters. The predicted molar refractivity (Wildman–Crippen MR) is 102 cm³/mol. The van der Waals surface area contributed by atoms with Crippen molar-refractivity contribution in [3.05, 3.63) is 34.0 Å². The van der Waals surface area contributed by atoms with Crippen molar-refractivity contribution >= 4 is 23.2 Å². The van der Waals surface area contributed by atoms with Gasteiger partial charge in [-0.25, -0.2) is 0 Å². The van der Waals surface area contributed by atoms with E-state index in [1.165, 1.54) is 12.8 Å². The monoisotopic (exact) mass is 360 g/mol. The van der Waals surface area contributed by atoms with E-state index < -0.39 is 0 Å².